The number of carboxylic acid groups (broad SMARTS) is 1. The van der Waals surface area contributed by atoms with Crippen LogP contribution in [0.5, 0.6) is 0 Å². The van der Waals surface area contributed by atoms with E-state index in [0.717, 1.165) is 32.5 Å². The van der Waals surface area contributed by atoms with Gasteiger partial charge < -0.3 is 5.11 Å². The lowest BCUT2D eigenvalue weighted by atomic mass is 9.84. The van der Waals surface area contributed by atoms with Gasteiger partial charge in [-0.1, -0.05) is 6.92 Å². The molecule has 2 rings (SSSR count). The Morgan fingerprint density at radius 1 is 1.60 bits per heavy atom. The zero-order chi connectivity index (χ0) is 14.5. The Labute approximate surface area is 120 Å². The molecule has 0 bridgehead atoms. The molecule has 2 heterocycles. The molecule has 0 amide bonds. The second kappa shape index (κ2) is 6.84. The molecule has 4 nitrogen and oxygen atoms in total. The summed E-state index contributed by atoms with van der Waals surface area (Å²) in [5.74, 6) is 0.0693. The smallest absolute Gasteiger partial charge is 0.303 e. The van der Waals surface area contributed by atoms with E-state index in [1.165, 1.54) is 11.1 Å². The van der Waals surface area contributed by atoms with Crippen LogP contribution in [0.25, 0.3) is 0 Å². The Balaban J connectivity index is 1.93. The van der Waals surface area contributed by atoms with Gasteiger partial charge in [-0.25, -0.2) is 0 Å². The molecule has 1 aromatic rings. The van der Waals surface area contributed by atoms with Crippen molar-refractivity contribution in [1.82, 2.24) is 9.88 Å². The molecule has 0 aromatic carbocycles. The molecule has 2 atom stereocenters. The van der Waals surface area contributed by atoms with E-state index in [1.54, 1.807) is 0 Å². The van der Waals surface area contributed by atoms with Crippen molar-refractivity contribution < 1.29 is 9.90 Å². The largest absolute Gasteiger partial charge is 0.481 e. The molecule has 1 fully saturated rings. The lowest BCUT2D eigenvalue weighted by molar-refractivity contribution is -0.138. The number of hydrogen-bond acceptors (Lipinski definition) is 3. The topological polar surface area (TPSA) is 53.4 Å². The normalized spacial score (nSPS) is 21.6. The molecule has 4 heteroatoms. The molecular weight excluding hydrogens is 252 g/mol. The maximum Gasteiger partial charge on any atom is 0.303 e. The van der Waals surface area contributed by atoms with Crippen LogP contribution in [0.15, 0.2) is 18.5 Å². The predicted molar refractivity (Wildman–Crippen MR) is 78.4 cm³/mol. The third kappa shape index (κ3) is 4.04. The summed E-state index contributed by atoms with van der Waals surface area (Å²) in [6.45, 7) is 7.21. The van der Waals surface area contributed by atoms with Crippen molar-refractivity contribution in [3.8, 4) is 0 Å². The first-order chi connectivity index (χ1) is 9.56. The maximum atomic E-state index is 10.8. The number of carbonyl (C=O) groups is 1. The molecule has 110 valence electrons. The SMILES string of the molecule is Cc1ccncc1CN1CCCC(C(C)CC(=O)O)C1. The molecule has 1 aliphatic rings. The van der Waals surface area contributed by atoms with Crippen LogP contribution in [-0.2, 0) is 11.3 Å². The quantitative estimate of drug-likeness (QED) is 0.898. The number of nitrogens with zero attached hydrogens (tertiary/aromatic N) is 2. The van der Waals surface area contributed by atoms with Crippen molar-refractivity contribution in [2.75, 3.05) is 13.1 Å². The number of likely N-dealkylation sites (tertiary alicyclic amines) is 1. The van der Waals surface area contributed by atoms with Gasteiger partial charge in [-0.15, -0.1) is 0 Å². The monoisotopic (exact) mass is 276 g/mol. The number of piperidine rings is 1. The highest BCUT2D eigenvalue weighted by Crippen LogP contribution is 2.27. The first-order valence-electron chi connectivity index (χ1n) is 7.40. The minimum Gasteiger partial charge on any atom is -0.481 e. The maximum absolute atomic E-state index is 10.8. The first kappa shape index (κ1) is 15.0. The van der Waals surface area contributed by atoms with Gasteiger partial charge in [-0.3, -0.25) is 14.7 Å². The molecule has 0 saturated carbocycles. The van der Waals surface area contributed by atoms with Crippen LogP contribution >= 0.6 is 0 Å². The number of rotatable bonds is 5. The van der Waals surface area contributed by atoms with E-state index < -0.39 is 5.97 Å². The van der Waals surface area contributed by atoms with Crippen molar-refractivity contribution in [2.45, 2.75) is 39.7 Å². The van der Waals surface area contributed by atoms with E-state index in [4.69, 9.17) is 5.11 Å². The minimum atomic E-state index is -0.683. The van der Waals surface area contributed by atoms with Crippen molar-refractivity contribution in [2.24, 2.45) is 11.8 Å². The lowest BCUT2D eigenvalue weighted by Gasteiger charge is -2.35. The molecule has 2 unspecified atom stereocenters. The van der Waals surface area contributed by atoms with Gasteiger partial charge in [-0.05, 0) is 55.3 Å². The summed E-state index contributed by atoms with van der Waals surface area (Å²) in [5.41, 5.74) is 2.56. The Morgan fingerprint density at radius 3 is 3.10 bits per heavy atom. The average molecular weight is 276 g/mol. The lowest BCUT2D eigenvalue weighted by Crippen LogP contribution is -2.38. The third-order valence-electron chi connectivity index (χ3n) is 4.38. The van der Waals surface area contributed by atoms with Crippen molar-refractivity contribution >= 4 is 5.97 Å². The molecule has 1 N–H and O–H groups in total. The van der Waals surface area contributed by atoms with Gasteiger partial charge in [-0.2, -0.15) is 0 Å². The third-order valence-corrected chi connectivity index (χ3v) is 4.38. The van der Waals surface area contributed by atoms with Gasteiger partial charge in [0.1, 0.15) is 0 Å². The van der Waals surface area contributed by atoms with Gasteiger partial charge in [0.2, 0.25) is 0 Å². The van der Waals surface area contributed by atoms with E-state index in [2.05, 4.69) is 23.7 Å². The highest BCUT2D eigenvalue weighted by Gasteiger charge is 2.26. The number of aliphatic carboxylic acids is 1. The van der Waals surface area contributed by atoms with Crippen LogP contribution in [0, 0.1) is 18.8 Å². The Kier molecular flexibility index (Phi) is 5.12. The summed E-state index contributed by atoms with van der Waals surface area (Å²) in [5, 5.41) is 8.93. The second-order valence-electron chi connectivity index (χ2n) is 6.01. The standard InChI is InChI=1S/C16H24N2O2/c1-12-5-6-17-9-15(12)11-18-7-3-4-14(10-18)13(2)8-16(19)20/h5-6,9,13-14H,3-4,7-8,10-11H2,1-2H3,(H,19,20). The summed E-state index contributed by atoms with van der Waals surface area (Å²) in [6.07, 6.45) is 6.36. The molecule has 0 spiro atoms. The summed E-state index contributed by atoms with van der Waals surface area (Å²) >= 11 is 0. The van der Waals surface area contributed by atoms with E-state index in [0.29, 0.717) is 5.92 Å². The number of aromatic nitrogens is 1. The molecule has 20 heavy (non-hydrogen) atoms. The number of hydrogen-bond donors (Lipinski definition) is 1. The molecule has 0 radical (unpaired) electrons. The van der Waals surface area contributed by atoms with Crippen molar-refractivity contribution in [3.63, 3.8) is 0 Å². The highest BCUT2D eigenvalue weighted by molar-refractivity contribution is 5.67. The number of aryl methyl sites for hydroxylation is 1. The molecule has 1 saturated heterocycles. The van der Waals surface area contributed by atoms with Crippen LogP contribution in [-0.4, -0.2) is 34.0 Å². The second-order valence-corrected chi connectivity index (χ2v) is 6.01. The highest BCUT2D eigenvalue weighted by atomic mass is 16.4. The van der Waals surface area contributed by atoms with Crippen molar-refractivity contribution in [1.29, 1.82) is 0 Å². The Bertz CT molecular complexity index is 462. The van der Waals surface area contributed by atoms with Gasteiger partial charge in [0, 0.05) is 31.9 Å². The van der Waals surface area contributed by atoms with Crippen LogP contribution in [0.4, 0.5) is 0 Å². The number of carboxylic acids is 1. The van der Waals surface area contributed by atoms with Gasteiger partial charge >= 0.3 is 5.97 Å². The summed E-state index contributed by atoms with van der Waals surface area (Å²) in [4.78, 5) is 17.5. The van der Waals surface area contributed by atoms with Crippen LogP contribution in [0.1, 0.15) is 37.3 Å². The van der Waals surface area contributed by atoms with Gasteiger partial charge in [0.15, 0.2) is 0 Å². The van der Waals surface area contributed by atoms with Gasteiger partial charge in [0.05, 0.1) is 0 Å². The van der Waals surface area contributed by atoms with Crippen LogP contribution in [0.3, 0.4) is 0 Å². The molecular formula is C16H24N2O2. The minimum absolute atomic E-state index is 0.255. The fourth-order valence-corrected chi connectivity index (χ4v) is 3.04. The summed E-state index contributed by atoms with van der Waals surface area (Å²) in [6, 6.07) is 2.05. The van der Waals surface area contributed by atoms with Gasteiger partial charge in [0.25, 0.3) is 0 Å². The fourth-order valence-electron chi connectivity index (χ4n) is 3.04. The predicted octanol–water partition coefficient (Wildman–Crippen LogP) is 2.71. The zero-order valence-corrected chi connectivity index (χ0v) is 12.4. The molecule has 0 aliphatic carbocycles. The molecule has 1 aliphatic heterocycles. The zero-order valence-electron chi connectivity index (χ0n) is 12.4. The first-order valence-corrected chi connectivity index (χ1v) is 7.40. The van der Waals surface area contributed by atoms with E-state index in [-0.39, 0.29) is 12.3 Å². The fraction of sp³-hybridized carbons (Fsp3) is 0.625. The van der Waals surface area contributed by atoms with Crippen LogP contribution < -0.4 is 0 Å². The average Bonchev–Trinajstić information content (AvgIpc) is 2.41. The molecule has 1 aromatic heterocycles. The van der Waals surface area contributed by atoms with Crippen molar-refractivity contribution in [3.05, 3.63) is 29.6 Å². The Hall–Kier alpha value is -1.42. The Morgan fingerprint density at radius 2 is 2.40 bits per heavy atom. The van der Waals surface area contributed by atoms with E-state index >= 15 is 0 Å². The van der Waals surface area contributed by atoms with E-state index in [9.17, 15) is 4.79 Å². The number of pyridine rings is 1. The summed E-state index contributed by atoms with van der Waals surface area (Å²) in [7, 11) is 0. The van der Waals surface area contributed by atoms with E-state index in [1.807, 2.05) is 18.5 Å². The summed E-state index contributed by atoms with van der Waals surface area (Å²) < 4.78 is 0. The van der Waals surface area contributed by atoms with Crippen LogP contribution in [0.2, 0.25) is 0 Å².